The highest BCUT2D eigenvalue weighted by molar-refractivity contribution is 7.15. The molecule has 6 atom stereocenters. The third kappa shape index (κ3) is 5.49. The van der Waals surface area contributed by atoms with E-state index >= 15 is 0 Å². The van der Waals surface area contributed by atoms with Crippen LogP contribution in [0.25, 0.3) is 5.57 Å². The van der Waals surface area contributed by atoms with Gasteiger partial charge in [-0.05, 0) is 136 Å². The predicted molar refractivity (Wildman–Crippen MR) is 166 cm³/mol. The van der Waals surface area contributed by atoms with Crippen LogP contribution >= 0.6 is 11.3 Å². The number of thiophene rings is 1. The number of aromatic carboxylic acids is 1. The molecule has 0 spiro atoms. The van der Waals surface area contributed by atoms with Crippen LogP contribution in [0.1, 0.15) is 133 Å². The Balaban J connectivity index is 1.61. The molecule has 0 radical (unpaired) electrons. The molecule has 222 valence electrons. The smallest absolute Gasteiger partial charge is 0.345 e. The maximum absolute atomic E-state index is 12.7. The molecule has 3 aliphatic rings. The first-order chi connectivity index (χ1) is 18.7. The van der Waals surface area contributed by atoms with Crippen molar-refractivity contribution in [1.29, 1.82) is 0 Å². The molecular weight excluding hydrogens is 516 g/mol. The van der Waals surface area contributed by atoms with E-state index in [0.29, 0.717) is 22.6 Å². The average molecular weight is 569 g/mol. The minimum absolute atomic E-state index is 0.0624. The maximum Gasteiger partial charge on any atom is 0.345 e. The van der Waals surface area contributed by atoms with Crippen molar-refractivity contribution in [3.63, 3.8) is 0 Å². The molecule has 2 saturated carbocycles. The van der Waals surface area contributed by atoms with E-state index in [4.69, 9.17) is 0 Å². The fraction of sp³-hybridized carbons (Fsp3) is 0.714. The van der Waals surface area contributed by atoms with Crippen molar-refractivity contribution in [3.05, 3.63) is 40.1 Å². The van der Waals surface area contributed by atoms with Gasteiger partial charge in [0, 0.05) is 4.88 Å². The number of rotatable bonds is 7. The van der Waals surface area contributed by atoms with Crippen molar-refractivity contribution < 1.29 is 19.8 Å². The van der Waals surface area contributed by atoms with Crippen LogP contribution in [0.15, 0.2) is 30.4 Å². The van der Waals surface area contributed by atoms with Crippen LogP contribution in [-0.2, 0) is 4.79 Å². The number of hydrogen-bond acceptors (Lipinski definition) is 3. The van der Waals surface area contributed by atoms with Crippen molar-refractivity contribution in [1.82, 2.24) is 0 Å². The van der Waals surface area contributed by atoms with Crippen LogP contribution in [0.5, 0.6) is 0 Å². The van der Waals surface area contributed by atoms with E-state index in [-0.39, 0.29) is 16.2 Å². The van der Waals surface area contributed by atoms with Crippen LogP contribution in [0.4, 0.5) is 0 Å². The zero-order chi connectivity index (χ0) is 29.5. The van der Waals surface area contributed by atoms with Gasteiger partial charge in [0.2, 0.25) is 0 Å². The van der Waals surface area contributed by atoms with Crippen molar-refractivity contribution in [2.75, 3.05) is 0 Å². The molecule has 2 fully saturated rings. The summed E-state index contributed by atoms with van der Waals surface area (Å²) >= 11 is 1.40. The van der Waals surface area contributed by atoms with E-state index in [1.807, 2.05) is 13.0 Å². The van der Waals surface area contributed by atoms with Gasteiger partial charge in [0.25, 0.3) is 0 Å². The Hall–Kier alpha value is -1.88. The van der Waals surface area contributed by atoms with Crippen LogP contribution < -0.4 is 0 Å². The Morgan fingerprint density at radius 1 is 0.975 bits per heavy atom. The number of hydrogen-bond donors (Lipinski definition) is 2. The monoisotopic (exact) mass is 568 g/mol. The Kier molecular flexibility index (Phi) is 8.87. The Labute approximate surface area is 246 Å². The lowest BCUT2D eigenvalue weighted by molar-refractivity contribution is -0.172. The predicted octanol–water partition coefficient (Wildman–Crippen LogP) is 10.1. The van der Waals surface area contributed by atoms with Crippen LogP contribution in [0, 0.1) is 39.4 Å². The van der Waals surface area contributed by atoms with Crippen molar-refractivity contribution >= 4 is 28.8 Å². The highest BCUT2D eigenvalue weighted by Gasteiger charge is 2.60. The van der Waals surface area contributed by atoms with Crippen LogP contribution in [0.3, 0.4) is 0 Å². The van der Waals surface area contributed by atoms with Gasteiger partial charge in [0.15, 0.2) is 0 Å². The normalized spacial score (nSPS) is 36.0. The third-order valence-electron chi connectivity index (χ3n) is 12.4. The molecule has 1 heterocycles. The lowest BCUT2D eigenvalue weighted by Crippen LogP contribution is -2.56. The number of carbonyl (C=O) groups is 2. The van der Waals surface area contributed by atoms with Crippen LogP contribution in [-0.4, -0.2) is 22.2 Å². The van der Waals surface area contributed by atoms with E-state index in [9.17, 15) is 19.8 Å². The molecule has 2 N–H and O–H groups in total. The van der Waals surface area contributed by atoms with E-state index in [2.05, 4.69) is 47.3 Å². The lowest BCUT2D eigenvalue weighted by atomic mass is 9.41. The molecule has 0 saturated heterocycles. The minimum atomic E-state index is -0.849. The van der Waals surface area contributed by atoms with Gasteiger partial charge in [-0.1, -0.05) is 46.3 Å². The Bertz CT molecular complexity index is 1160. The minimum Gasteiger partial charge on any atom is -0.481 e. The van der Waals surface area contributed by atoms with Gasteiger partial charge >= 0.3 is 11.9 Å². The molecule has 0 aliphatic heterocycles. The van der Waals surface area contributed by atoms with Crippen molar-refractivity contribution in [3.8, 4) is 0 Å². The zero-order valence-electron chi connectivity index (χ0n) is 25.8. The highest BCUT2D eigenvalue weighted by Crippen LogP contribution is 2.68. The summed E-state index contributed by atoms with van der Waals surface area (Å²) in [5, 5.41) is 20.0. The number of allylic oxidation sites excluding steroid dienone is 3. The molecule has 6 unspecified atom stereocenters. The summed E-state index contributed by atoms with van der Waals surface area (Å²) in [7, 11) is 0. The Morgan fingerprint density at radius 3 is 2.27 bits per heavy atom. The summed E-state index contributed by atoms with van der Waals surface area (Å²) in [6, 6.07) is 3.75. The number of aliphatic carboxylic acids is 1. The molecular formula is C35H52O4S. The van der Waals surface area contributed by atoms with Gasteiger partial charge in [-0.25, -0.2) is 4.79 Å². The standard InChI is InChI=1S/C35H52O4S/c1-23(2)10-9-18-35(31(38)39)21-20-34(7)26(22-35)14-13-25-11-8-12-27(28-15-16-29(40-28)30(36)37)32(4,5)24(3)17-19-33(25,34)6/h12,15-16,24-26H,1,8-11,13-14,17-22H2,2-7H3,(H,36,37)(H,38,39). The van der Waals surface area contributed by atoms with Crippen LogP contribution in [0.2, 0.25) is 0 Å². The number of carboxylic acids is 2. The maximum atomic E-state index is 12.7. The molecule has 0 amide bonds. The molecule has 3 aliphatic carbocycles. The summed E-state index contributed by atoms with van der Waals surface area (Å²) in [6.07, 6.45) is 14.4. The second-order valence-corrected chi connectivity index (χ2v) is 15.8. The van der Waals surface area contributed by atoms with Crippen molar-refractivity contribution in [2.24, 2.45) is 39.4 Å². The quantitative estimate of drug-likeness (QED) is 0.321. The SMILES string of the molecule is C=C(C)CCCC1(C(=O)O)CCC2(C)C(CCC3CCC=C(c4ccc(C(=O)O)s4)C(C)(C)C(C)CCC32C)C1. The molecule has 1 aromatic heterocycles. The first-order valence-electron chi connectivity index (χ1n) is 15.6. The summed E-state index contributed by atoms with van der Waals surface area (Å²) in [5.74, 6) is 0.0953. The Morgan fingerprint density at radius 2 is 1.65 bits per heavy atom. The average Bonchev–Trinajstić information content (AvgIpc) is 3.36. The van der Waals surface area contributed by atoms with Gasteiger partial charge in [-0.15, -0.1) is 17.9 Å². The second-order valence-electron chi connectivity index (χ2n) is 14.7. The summed E-state index contributed by atoms with van der Waals surface area (Å²) < 4.78 is 0. The van der Waals surface area contributed by atoms with E-state index in [1.54, 1.807) is 6.07 Å². The van der Waals surface area contributed by atoms with Gasteiger partial charge in [-0.3, -0.25) is 4.79 Å². The van der Waals surface area contributed by atoms with Gasteiger partial charge in [-0.2, -0.15) is 0 Å². The van der Waals surface area contributed by atoms with E-state index < -0.39 is 17.4 Å². The fourth-order valence-corrected chi connectivity index (χ4v) is 9.97. The largest absolute Gasteiger partial charge is 0.481 e. The van der Waals surface area contributed by atoms with Gasteiger partial charge in [0.1, 0.15) is 4.88 Å². The molecule has 0 aromatic carbocycles. The molecule has 0 bridgehead atoms. The summed E-state index contributed by atoms with van der Waals surface area (Å²) in [4.78, 5) is 25.8. The first-order valence-corrected chi connectivity index (χ1v) is 16.4. The number of fused-ring (bicyclic) bond motifs is 3. The van der Waals surface area contributed by atoms with Crippen molar-refractivity contribution in [2.45, 2.75) is 119 Å². The molecule has 5 heteroatoms. The molecule has 1 aromatic rings. The number of carboxylic acid groups (broad SMARTS) is 2. The third-order valence-corrected chi connectivity index (χ3v) is 13.5. The topological polar surface area (TPSA) is 74.6 Å². The molecule has 4 nitrogen and oxygen atoms in total. The fourth-order valence-electron chi connectivity index (χ4n) is 8.92. The summed E-state index contributed by atoms with van der Waals surface area (Å²) in [6.45, 7) is 18.2. The zero-order valence-corrected chi connectivity index (χ0v) is 26.6. The van der Waals surface area contributed by atoms with Gasteiger partial charge < -0.3 is 10.2 Å². The van der Waals surface area contributed by atoms with Gasteiger partial charge in [0.05, 0.1) is 5.41 Å². The second kappa shape index (κ2) is 11.4. The molecule has 40 heavy (non-hydrogen) atoms. The van der Waals surface area contributed by atoms with E-state index in [0.717, 1.165) is 74.7 Å². The highest BCUT2D eigenvalue weighted by atomic mass is 32.1. The molecule has 4 rings (SSSR count). The first kappa shape index (κ1) is 31.1. The lowest BCUT2D eigenvalue weighted by Gasteiger charge is -2.63. The summed E-state index contributed by atoms with van der Waals surface area (Å²) in [5.41, 5.74) is 2.15. The van der Waals surface area contributed by atoms with E-state index in [1.165, 1.54) is 29.8 Å².